The zero-order valence-electron chi connectivity index (χ0n) is 24.6. The number of alkyl carbamates (subject to hydrolysis) is 1. The lowest BCUT2D eigenvalue weighted by molar-refractivity contribution is -0.118. The summed E-state index contributed by atoms with van der Waals surface area (Å²) in [7, 11) is 0. The van der Waals surface area contributed by atoms with E-state index in [0.29, 0.717) is 5.02 Å². The number of carbonyl (C=O) groups is 2. The van der Waals surface area contributed by atoms with Gasteiger partial charge in [-0.2, -0.15) is 4.37 Å². The minimum atomic E-state index is -0.536. The van der Waals surface area contributed by atoms with E-state index in [2.05, 4.69) is 60.2 Å². The molecule has 3 heterocycles. The Balaban J connectivity index is 1.14. The predicted molar refractivity (Wildman–Crippen MR) is 167 cm³/mol. The number of halogens is 1. The van der Waals surface area contributed by atoms with Crippen LogP contribution in [0.15, 0.2) is 36.4 Å². The maximum atomic E-state index is 12.8. The fraction of sp³-hybridized carbons (Fsp3) is 0.516. The lowest BCUT2D eigenvalue weighted by Gasteiger charge is -2.35. The van der Waals surface area contributed by atoms with Crippen LogP contribution in [0.2, 0.25) is 5.02 Å². The number of benzene rings is 2. The SMILES string of the molecule is CC(C)(C)CC(C)(C)NC(=O)OCN1C(=O)Cc2cc(CCN3CCN(c4nsc5ccccc45)CC3)c(Cl)cc21. The molecule has 10 heteroatoms. The lowest BCUT2D eigenvalue weighted by atomic mass is 9.82. The molecule has 0 aliphatic carbocycles. The maximum absolute atomic E-state index is 12.8. The van der Waals surface area contributed by atoms with Crippen molar-refractivity contribution in [1.29, 1.82) is 0 Å². The molecule has 1 fully saturated rings. The predicted octanol–water partition coefficient (Wildman–Crippen LogP) is 6.10. The Morgan fingerprint density at radius 1 is 1.10 bits per heavy atom. The van der Waals surface area contributed by atoms with E-state index in [1.54, 1.807) is 11.5 Å². The molecule has 1 aromatic heterocycles. The summed E-state index contributed by atoms with van der Waals surface area (Å²) in [6.07, 6.45) is 1.34. The van der Waals surface area contributed by atoms with Crippen LogP contribution in [0.1, 0.15) is 52.2 Å². The van der Waals surface area contributed by atoms with Gasteiger partial charge < -0.3 is 15.0 Å². The summed E-state index contributed by atoms with van der Waals surface area (Å²) in [4.78, 5) is 31.7. The Labute approximate surface area is 251 Å². The van der Waals surface area contributed by atoms with E-state index < -0.39 is 11.6 Å². The maximum Gasteiger partial charge on any atom is 0.409 e. The van der Waals surface area contributed by atoms with Crippen LogP contribution in [0.3, 0.4) is 0 Å². The van der Waals surface area contributed by atoms with E-state index in [0.717, 1.165) is 68.2 Å². The van der Waals surface area contributed by atoms with Gasteiger partial charge in [0.15, 0.2) is 6.73 Å². The first-order chi connectivity index (χ1) is 19.4. The second-order valence-electron chi connectivity index (χ2n) is 13.0. The number of aromatic nitrogens is 1. The van der Waals surface area contributed by atoms with Gasteiger partial charge >= 0.3 is 6.09 Å². The number of fused-ring (bicyclic) bond motifs is 2. The Hall–Kier alpha value is -2.88. The third-order valence-corrected chi connectivity index (χ3v) is 8.82. The van der Waals surface area contributed by atoms with Crippen LogP contribution in [0, 0.1) is 5.41 Å². The summed E-state index contributed by atoms with van der Waals surface area (Å²) < 4.78 is 11.4. The van der Waals surface area contributed by atoms with Gasteiger partial charge in [-0.05, 0) is 73.0 Å². The van der Waals surface area contributed by atoms with Crippen LogP contribution in [-0.2, 0) is 22.4 Å². The highest BCUT2D eigenvalue weighted by Gasteiger charge is 2.31. The minimum absolute atomic E-state index is 0.0559. The van der Waals surface area contributed by atoms with Gasteiger partial charge in [0.25, 0.3) is 0 Å². The van der Waals surface area contributed by atoms with Gasteiger partial charge in [-0.1, -0.05) is 50.6 Å². The molecule has 0 spiro atoms. The molecule has 2 amide bonds. The Bertz CT molecular complexity index is 1420. The van der Waals surface area contributed by atoms with E-state index >= 15 is 0 Å². The molecular formula is C31H40ClN5O3S. The van der Waals surface area contributed by atoms with Crippen molar-refractivity contribution >= 4 is 56.7 Å². The Morgan fingerprint density at radius 3 is 2.56 bits per heavy atom. The molecule has 0 saturated carbocycles. The van der Waals surface area contributed by atoms with Crippen molar-refractivity contribution in [2.45, 2.75) is 59.4 Å². The summed E-state index contributed by atoms with van der Waals surface area (Å²) in [6, 6.07) is 12.3. The average molecular weight is 598 g/mol. The zero-order chi connectivity index (χ0) is 29.4. The van der Waals surface area contributed by atoms with Crippen molar-refractivity contribution in [2.75, 3.05) is 49.3 Å². The zero-order valence-corrected chi connectivity index (χ0v) is 26.2. The molecular weight excluding hydrogens is 558 g/mol. The van der Waals surface area contributed by atoms with Crippen molar-refractivity contribution in [3.8, 4) is 0 Å². The molecule has 2 aliphatic heterocycles. The van der Waals surface area contributed by atoms with Crippen molar-refractivity contribution in [3.05, 3.63) is 52.5 Å². The molecule has 2 aromatic carbocycles. The fourth-order valence-electron chi connectivity index (χ4n) is 6.15. The summed E-state index contributed by atoms with van der Waals surface area (Å²) in [5, 5.41) is 4.79. The number of anilines is 2. The van der Waals surface area contributed by atoms with E-state index in [-0.39, 0.29) is 24.5 Å². The molecule has 0 unspecified atom stereocenters. The van der Waals surface area contributed by atoms with Crippen molar-refractivity contribution in [1.82, 2.24) is 14.6 Å². The molecule has 0 bridgehead atoms. The van der Waals surface area contributed by atoms with E-state index in [1.165, 1.54) is 15.0 Å². The van der Waals surface area contributed by atoms with Gasteiger partial charge in [0.2, 0.25) is 5.91 Å². The normalized spacial score (nSPS) is 16.4. The van der Waals surface area contributed by atoms with Gasteiger partial charge in [-0.25, -0.2) is 4.79 Å². The molecule has 0 radical (unpaired) electrons. The average Bonchev–Trinajstić information content (AvgIpc) is 3.45. The van der Waals surface area contributed by atoms with Gasteiger partial charge in [-0.3, -0.25) is 14.6 Å². The van der Waals surface area contributed by atoms with E-state index in [1.807, 2.05) is 26.0 Å². The number of nitrogens with zero attached hydrogens (tertiary/aromatic N) is 4. The standard InChI is InChI=1S/C31H40ClN5O3S/c1-30(2,3)19-31(4,5)33-29(39)40-20-37-25-18-24(32)21(16-22(25)17-27(37)38)10-11-35-12-14-36(15-13-35)28-23-8-6-7-9-26(23)41-34-28/h6-9,16,18H,10-15,17,19-20H2,1-5H3,(H,33,39). The Kier molecular flexibility index (Phi) is 8.51. The molecule has 220 valence electrons. The molecule has 8 nitrogen and oxygen atoms in total. The highest BCUT2D eigenvalue weighted by atomic mass is 35.5. The number of ether oxygens (including phenoxy) is 1. The first-order valence-electron chi connectivity index (χ1n) is 14.3. The van der Waals surface area contributed by atoms with Crippen molar-refractivity contribution < 1.29 is 14.3 Å². The van der Waals surface area contributed by atoms with Gasteiger partial charge in [0.1, 0.15) is 5.82 Å². The number of carbonyl (C=O) groups excluding carboxylic acids is 2. The van der Waals surface area contributed by atoms with Gasteiger partial charge in [0, 0.05) is 48.7 Å². The second-order valence-corrected chi connectivity index (χ2v) is 14.2. The monoisotopic (exact) mass is 597 g/mol. The minimum Gasteiger partial charge on any atom is -0.428 e. The van der Waals surface area contributed by atoms with E-state index in [4.69, 9.17) is 20.7 Å². The largest absolute Gasteiger partial charge is 0.428 e. The van der Waals surface area contributed by atoms with Crippen LogP contribution in [0.4, 0.5) is 16.3 Å². The molecule has 0 atom stereocenters. The number of nitrogens with one attached hydrogen (secondary N) is 1. The van der Waals surface area contributed by atoms with Crippen LogP contribution >= 0.6 is 23.1 Å². The molecule has 2 aliphatic rings. The van der Waals surface area contributed by atoms with Gasteiger partial charge in [-0.15, -0.1) is 0 Å². The number of rotatable bonds is 8. The number of hydrogen-bond donors (Lipinski definition) is 1. The van der Waals surface area contributed by atoms with Crippen LogP contribution < -0.4 is 15.1 Å². The fourth-order valence-corrected chi connectivity index (χ4v) is 7.19. The topological polar surface area (TPSA) is 78.0 Å². The number of amides is 2. The van der Waals surface area contributed by atoms with Crippen molar-refractivity contribution in [3.63, 3.8) is 0 Å². The second kappa shape index (κ2) is 11.8. The third kappa shape index (κ3) is 7.13. The summed E-state index contributed by atoms with van der Waals surface area (Å²) in [6.45, 7) is 14.9. The third-order valence-electron chi connectivity index (χ3n) is 7.65. The molecule has 5 rings (SSSR count). The summed E-state index contributed by atoms with van der Waals surface area (Å²) in [5.74, 6) is 0.997. The molecule has 41 heavy (non-hydrogen) atoms. The summed E-state index contributed by atoms with van der Waals surface area (Å²) in [5.41, 5.74) is 2.31. The van der Waals surface area contributed by atoms with Crippen LogP contribution in [0.5, 0.6) is 0 Å². The highest BCUT2D eigenvalue weighted by molar-refractivity contribution is 7.13. The number of hydrogen-bond acceptors (Lipinski definition) is 7. The molecule has 1 saturated heterocycles. The number of piperazine rings is 1. The van der Waals surface area contributed by atoms with Crippen LogP contribution in [0.25, 0.3) is 10.1 Å². The van der Waals surface area contributed by atoms with E-state index in [9.17, 15) is 9.59 Å². The lowest BCUT2D eigenvalue weighted by Crippen LogP contribution is -2.47. The molecule has 1 N–H and O–H groups in total. The summed E-state index contributed by atoms with van der Waals surface area (Å²) >= 11 is 8.26. The van der Waals surface area contributed by atoms with Crippen molar-refractivity contribution in [2.24, 2.45) is 5.41 Å². The van der Waals surface area contributed by atoms with Crippen LogP contribution in [-0.4, -0.2) is 66.3 Å². The molecule has 3 aromatic rings. The quantitative estimate of drug-likeness (QED) is 0.338. The smallest absolute Gasteiger partial charge is 0.409 e. The first-order valence-corrected chi connectivity index (χ1v) is 15.4. The highest BCUT2D eigenvalue weighted by Crippen LogP contribution is 2.35. The first kappa shape index (κ1) is 29.6. The van der Waals surface area contributed by atoms with Gasteiger partial charge in [0.05, 0.1) is 16.8 Å². The Morgan fingerprint density at radius 2 is 1.83 bits per heavy atom.